The standard InChI is InChI=1S/C22H19N3O4S/c1-22(2,3)29-20(26)13-25-12-17(16-10-14(11-23)8-9-18(16)25)21-15-6-4-5-7-19(15)30(27,28)24-21/h4-10,12H,13H2,1-3H3. The van der Waals surface area contributed by atoms with Crippen LogP contribution >= 0.6 is 0 Å². The lowest BCUT2D eigenvalue weighted by Gasteiger charge is -2.19. The highest BCUT2D eigenvalue weighted by molar-refractivity contribution is 7.90. The van der Waals surface area contributed by atoms with E-state index in [4.69, 9.17) is 4.74 Å². The van der Waals surface area contributed by atoms with E-state index in [9.17, 15) is 18.5 Å². The summed E-state index contributed by atoms with van der Waals surface area (Å²) in [5, 5.41) is 9.96. The Bertz CT molecular complexity index is 1370. The molecular formula is C22H19N3O4S. The fraction of sp³-hybridized carbons (Fsp3) is 0.227. The van der Waals surface area contributed by atoms with Gasteiger partial charge in [0.05, 0.1) is 22.2 Å². The quantitative estimate of drug-likeness (QED) is 0.603. The van der Waals surface area contributed by atoms with E-state index in [0.29, 0.717) is 33.3 Å². The fourth-order valence-corrected chi connectivity index (χ4v) is 4.73. The summed E-state index contributed by atoms with van der Waals surface area (Å²) in [5.74, 6) is -0.420. The molecular weight excluding hydrogens is 402 g/mol. The molecule has 0 radical (unpaired) electrons. The monoisotopic (exact) mass is 421 g/mol. The van der Waals surface area contributed by atoms with Crippen molar-refractivity contribution in [1.29, 1.82) is 5.26 Å². The van der Waals surface area contributed by atoms with Crippen LogP contribution in [0.25, 0.3) is 10.9 Å². The van der Waals surface area contributed by atoms with Crippen LogP contribution in [0.1, 0.15) is 37.5 Å². The molecule has 8 heteroatoms. The number of carbonyl (C=O) groups excluding carboxylic acids is 1. The van der Waals surface area contributed by atoms with Crippen LogP contribution in [0.2, 0.25) is 0 Å². The molecule has 2 aromatic carbocycles. The Morgan fingerprint density at radius 2 is 1.90 bits per heavy atom. The average Bonchev–Trinajstić information content (AvgIpc) is 3.15. The number of nitriles is 1. The molecule has 4 rings (SSSR count). The highest BCUT2D eigenvalue weighted by Gasteiger charge is 2.31. The number of hydrogen-bond acceptors (Lipinski definition) is 5. The van der Waals surface area contributed by atoms with E-state index in [1.165, 1.54) is 6.07 Å². The summed E-state index contributed by atoms with van der Waals surface area (Å²) in [7, 11) is -3.80. The second kappa shape index (κ2) is 6.82. The summed E-state index contributed by atoms with van der Waals surface area (Å²) in [6.07, 6.45) is 1.69. The molecule has 2 heterocycles. The van der Waals surface area contributed by atoms with Crippen molar-refractivity contribution in [3.05, 3.63) is 65.4 Å². The van der Waals surface area contributed by atoms with Gasteiger partial charge >= 0.3 is 5.97 Å². The normalized spacial score (nSPS) is 14.8. The first-order chi connectivity index (χ1) is 14.1. The van der Waals surface area contributed by atoms with Gasteiger partial charge in [-0.15, -0.1) is 0 Å². The van der Waals surface area contributed by atoms with Gasteiger partial charge in [0.15, 0.2) is 0 Å². The van der Waals surface area contributed by atoms with E-state index in [1.54, 1.807) is 67.9 Å². The largest absolute Gasteiger partial charge is 0.459 e. The van der Waals surface area contributed by atoms with Crippen molar-refractivity contribution in [2.75, 3.05) is 0 Å². The van der Waals surface area contributed by atoms with Crippen molar-refractivity contribution in [2.45, 2.75) is 37.8 Å². The van der Waals surface area contributed by atoms with Crippen LogP contribution in [0.4, 0.5) is 0 Å². The number of benzene rings is 2. The van der Waals surface area contributed by atoms with Crippen molar-refractivity contribution >= 4 is 32.6 Å². The summed E-state index contributed by atoms with van der Waals surface area (Å²) >= 11 is 0. The van der Waals surface area contributed by atoms with Crippen LogP contribution in [0.3, 0.4) is 0 Å². The molecule has 1 aromatic heterocycles. The first-order valence-corrected chi connectivity index (χ1v) is 10.7. The maximum absolute atomic E-state index is 12.5. The number of esters is 1. The number of hydrogen-bond donors (Lipinski definition) is 0. The zero-order valence-corrected chi connectivity index (χ0v) is 17.5. The highest BCUT2D eigenvalue weighted by atomic mass is 32.2. The minimum atomic E-state index is -3.80. The van der Waals surface area contributed by atoms with E-state index in [0.717, 1.165) is 0 Å². The summed E-state index contributed by atoms with van der Waals surface area (Å²) in [5.41, 5.74) is 1.82. The smallest absolute Gasteiger partial charge is 0.326 e. The van der Waals surface area contributed by atoms with Gasteiger partial charge in [-0.25, -0.2) is 0 Å². The van der Waals surface area contributed by atoms with Crippen molar-refractivity contribution in [2.24, 2.45) is 4.40 Å². The third kappa shape index (κ3) is 3.48. The van der Waals surface area contributed by atoms with Gasteiger partial charge in [0.2, 0.25) is 0 Å². The van der Waals surface area contributed by atoms with Gasteiger partial charge in [-0.2, -0.15) is 18.1 Å². The Morgan fingerprint density at radius 3 is 2.60 bits per heavy atom. The second-order valence-electron chi connectivity index (χ2n) is 8.01. The van der Waals surface area contributed by atoms with Gasteiger partial charge < -0.3 is 9.30 Å². The molecule has 0 bridgehead atoms. The van der Waals surface area contributed by atoms with Gasteiger partial charge in [-0.3, -0.25) is 4.79 Å². The van der Waals surface area contributed by atoms with Crippen LogP contribution in [0.15, 0.2) is 58.0 Å². The van der Waals surface area contributed by atoms with Gasteiger partial charge in [-0.1, -0.05) is 18.2 Å². The maximum atomic E-state index is 12.5. The SMILES string of the molecule is CC(C)(C)OC(=O)Cn1cc(C2=NS(=O)(=O)c3ccccc32)c2cc(C#N)ccc21. The number of ether oxygens (including phenoxy) is 1. The minimum absolute atomic E-state index is 0.0542. The first-order valence-electron chi connectivity index (χ1n) is 9.29. The topological polar surface area (TPSA) is 102 Å². The van der Waals surface area contributed by atoms with Gasteiger partial charge in [-0.05, 0) is 45.0 Å². The number of fused-ring (bicyclic) bond motifs is 2. The molecule has 0 atom stereocenters. The van der Waals surface area contributed by atoms with Crippen molar-refractivity contribution in [3.63, 3.8) is 0 Å². The van der Waals surface area contributed by atoms with E-state index in [1.807, 2.05) is 0 Å². The van der Waals surface area contributed by atoms with Crippen LogP contribution < -0.4 is 0 Å². The maximum Gasteiger partial charge on any atom is 0.326 e. The lowest BCUT2D eigenvalue weighted by atomic mass is 10.0. The lowest BCUT2D eigenvalue weighted by molar-refractivity contribution is -0.155. The highest BCUT2D eigenvalue weighted by Crippen LogP contribution is 2.33. The van der Waals surface area contributed by atoms with Crippen LogP contribution in [-0.4, -0.2) is 30.3 Å². The molecule has 0 N–H and O–H groups in total. The molecule has 7 nitrogen and oxygen atoms in total. The Hall–Kier alpha value is -3.44. The fourth-order valence-electron chi connectivity index (χ4n) is 3.50. The Balaban J connectivity index is 1.89. The second-order valence-corrected chi connectivity index (χ2v) is 9.58. The van der Waals surface area contributed by atoms with E-state index >= 15 is 0 Å². The zero-order chi connectivity index (χ0) is 21.7. The van der Waals surface area contributed by atoms with E-state index < -0.39 is 21.6 Å². The predicted octanol–water partition coefficient (Wildman–Crippen LogP) is 3.39. The molecule has 3 aromatic rings. The van der Waals surface area contributed by atoms with Gasteiger partial charge in [0, 0.05) is 28.2 Å². The predicted molar refractivity (Wildman–Crippen MR) is 112 cm³/mol. The van der Waals surface area contributed by atoms with Gasteiger partial charge in [0.25, 0.3) is 10.0 Å². The molecule has 0 aliphatic carbocycles. The number of sulfonamides is 1. The zero-order valence-electron chi connectivity index (χ0n) is 16.7. The van der Waals surface area contributed by atoms with Crippen LogP contribution in [0.5, 0.6) is 0 Å². The van der Waals surface area contributed by atoms with E-state index in [2.05, 4.69) is 10.5 Å². The van der Waals surface area contributed by atoms with Crippen molar-refractivity contribution in [1.82, 2.24) is 4.57 Å². The Labute approximate surface area is 174 Å². The summed E-state index contributed by atoms with van der Waals surface area (Å²) in [4.78, 5) is 12.5. The molecule has 1 aliphatic heterocycles. The average molecular weight is 421 g/mol. The third-order valence-electron chi connectivity index (χ3n) is 4.62. The number of carbonyl (C=O) groups is 1. The Kier molecular flexibility index (Phi) is 4.51. The molecule has 0 unspecified atom stereocenters. The molecule has 0 fully saturated rings. The Morgan fingerprint density at radius 1 is 1.17 bits per heavy atom. The lowest BCUT2D eigenvalue weighted by Crippen LogP contribution is -2.26. The molecule has 30 heavy (non-hydrogen) atoms. The molecule has 0 saturated carbocycles. The molecule has 0 spiro atoms. The third-order valence-corrected chi connectivity index (χ3v) is 5.95. The molecule has 152 valence electrons. The van der Waals surface area contributed by atoms with Gasteiger partial charge in [0.1, 0.15) is 12.1 Å². The molecule has 0 saturated heterocycles. The van der Waals surface area contributed by atoms with Crippen molar-refractivity contribution < 1.29 is 17.9 Å². The number of aromatic nitrogens is 1. The molecule has 0 amide bonds. The summed E-state index contributed by atoms with van der Waals surface area (Å²) in [6, 6.07) is 13.8. The van der Waals surface area contributed by atoms with Crippen LogP contribution in [-0.2, 0) is 26.1 Å². The van der Waals surface area contributed by atoms with E-state index in [-0.39, 0.29) is 11.4 Å². The van der Waals surface area contributed by atoms with Crippen molar-refractivity contribution in [3.8, 4) is 6.07 Å². The van der Waals surface area contributed by atoms with Crippen LogP contribution in [0, 0.1) is 11.3 Å². The number of nitrogens with zero attached hydrogens (tertiary/aromatic N) is 3. The number of rotatable bonds is 3. The minimum Gasteiger partial charge on any atom is -0.459 e. The summed E-state index contributed by atoms with van der Waals surface area (Å²) in [6.45, 7) is 5.32. The first kappa shape index (κ1) is 19.9. The summed E-state index contributed by atoms with van der Waals surface area (Å²) < 4.78 is 36.1. The molecule has 1 aliphatic rings.